The van der Waals surface area contributed by atoms with Crippen molar-refractivity contribution >= 4 is 5.97 Å². The summed E-state index contributed by atoms with van der Waals surface area (Å²) in [6.07, 6.45) is 3.62. The minimum absolute atomic E-state index is 0.126. The third-order valence-electron chi connectivity index (χ3n) is 7.19. The van der Waals surface area contributed by atoms with Gasteiger partial charge in [0, 0.05) is 0 Å². The molecule has 9 heteroatoms. The first kappa shape index (κ1) is 29.4. The second-order valence-electron chi connectivity index (χ2n) is 9.78. The van der Waals surface area contributed by atoms with E-state index in [4.69, 9.17) is 14.2 Å². The van der Waals surface area contributed by atoms with Gasteiger partial charge in [0.15, 0.2) is 23.1 Å². The largest absolute Gasteiger partial charge is 0.491 e. The van der Waals surface area contributed by atoms with Gasteiger partial charge in [0.1, 0.15) is 5.82 Å². The number of rotatable bonds is 10. The molecule has 1 saturated carbocycles. The Balaban J connectivity index is 1.40. The highest BCUT2D eigenvalue weighted by molar-refractivity contribution is 5.91. The Labute approximate surface area is 230 Å². The van der Waals surface area contributed by atoms with Crippen molar-refractivity contribution < 1.29 is 41.0 Å². The number of unbranched alkanes of at least 4 members (excludes halogenated alkanes) is 1. The summed E-state index contributed by atoms with van der Waals surface area (Å²) in [5, 5.41) is 0. The van der Waals surface area contributed by atoms with Gasteiger partial charge in [-0.2, -0.15) is 13.2 Å². The number of benzene rings is 3. The van der Waals surface area contributed by atoms with Crippen LogP contribution in [0.2, 0.25) is 0 Å². The minimum atomic E-state index is -1.37. The molecule has 3 aromatic rings. The van der Waals surface area contributed by atoms with Gasteiger partial charge in [0.05, 0.1) is 18.8 Å². The van der Waals surface area contributed by atoms with E-state index in [1.807, 2.05) is 6.92 Å². The molecule has 0 radical (unpaired) electrons. The standard InChI is InChI=1S/C31H31F5O4/c1-3-5-16-39-25-14-15-26(30(36)29(25)35)40-31(37)20-10-11-21(23(32)17-20)18-6-8-19(9-7-18)22-12-13-24(38-4-2)28(34)27(22)33/h10-15,17-19H,3-9,16H2,1-2H3. The smallest absolute Gasteiger partial charge is 0.343 e. The van der Waals surface area contributed by atoms with E-state index in [0.29, 0.717) is 37.7 Å². The van der Waals surface area contributed by atoms with Crippen molar-refractivity contribution in [3.05, 3.63) is 88.2 Å². The number of hydrogen-bond acceptors (Lipinski definition) is 4. The van der Waals surface area contributed by atoms with Crippen molar-refractivity contribution in [1.29, 1.82) is 0 Å². The molecule has 0 atom stereocenters. The lowest BCUT2D eigenvalue weighted by Gasteiger charge is -2.29. The van der Waals surface area contributed by atoms with Gasteiger partial charge in [-0.05, 0) is 92.3 Å². The van der Waals surface area contributed by atoms with E-state index in [9.17, 15) is 22.4 Å². The predicted molar refractivity (Wildman–Crippen MR) is 140 cm³/mol. The van der Waals surface area contributed by atoms with Crippen molar-refractivity contribution in [2.75, 3.05) is 13.2 Å². The number of carbonyl (C=O) groups is 1. The SMILES string of the molecule is CCCCOc1ccc(OC(=O)c2ccc(C3CCC(c4ccc(OCC)c(F)c4F)CC3)c(F)c2)c(F)c1F. The van der Waals surface area contributed by atoms with E-state index in [1.165, 1.54) is 30.3 Å². The molecule has 0 saturated heterocycles. The van der Waals surface area contributed by atoms with Crippen molar-refractivity contribution in [2.24, 2.45) is 0 Å². The summed E-state index contributed by atoms with van der Waals surface area (Å²) < 4.78 is 88.1. The lowest BCUT2D eigenvalue weighted by atomic mass is 9.76. The van der Waals surface area contributed by atoms with Crippen LogP contribution in [0, 0.1) is 29.1 Å². The van der Waals surface area contributed by atoms with Crippen molar-refractivity contribution in [3.63, 3.8) is 0 Å². The fraction of sp³-hybridized carbons (Fsp3) is 0.387. The van der Waals surface area contributed by atoms with Gasteiger partial charge in [-0.3, -0.25) is 0 Å². The molecule has 214 valence electrons. The third kappa shape index (κ3) is 6.40. The van der Waals surface area contributed by atoms with Crippen LogP contribution in [0.4, 0.5) is 22.0 Å². The molecule has 1 fully saturated rings. The average molecular weight is 563 g/mol. The van der Waals surface area contributed by atoms with Crippen molar-refractivity contribution in [2.45, 2.75) is 64.2 Å². The Kier molecular flexibility index (Phi) is 9.66. The molecule has 0 aromatic heterocycles. The van der Waals surface area contributed by atoms with Crippen LogP contribution >= 0.6 is 0 Å². The Hall–Kier alpha value is -3.62. The Morgan fingerprint density at radius 3 is 1.93 bits per heavy atom. The molecule has 0 bridgehead atoms. The summed E-state index contributed by atoms with van der Waals surface area (Å²) >= 11 is 0. The fourth-order valence-electron chi connectivity index (χ4n) is 5.02. The molecule has 1 aliphatic carbocycles. The molecule has 0 unspecified atom stereocenters. The molecule has 0 spiro atoms. The zero-order chi connectivity index (χ0) is 28.8. The van der Waals surface area contributed by atoms with Crippen molar-refractivity contribution in [3.8, 4) is 17.2 Å². The van der Waals surface area contributed by atoms with Gasteiger partial charge in [-0.1, -0.05) is 25.5 Å². The van der Waals surface area contributed by atoms with Crippen LogP contribution in [0.1, 0.15) is 85.7 Å². The van der Waals surface area contributed by atoms with Gasteiger partial charge in [0.25, 0.3) is 0 Å². The number of carbonyl (C=O) groups excluding carboxylic acids is 1. The quantitative estimate of drug-likeness (QED) is 0.107. The highest BCUT2D eigenvalue weighted by atomic mass is 19.2. The molecule has 0 amide bonds. The molecule has 0 aliphatic heterocycles. The monoisotopic (exact) mass is 562 g/mol. The number of hydrogen-bond donors (Lipinski definition) is 0. The summed E-state index contributed by atoms with van der Waals surface area (Å²) in [6, 6.07) is 9.06. The van der Waals surface area contributed by atoms with Gasteiger partial charge in [-0.25, -0.2) is 13.6 Å². The van der Waals surface area contributed by atoms with Crippen LogP contribution in [0.5, 0.6) is 17.2 Å². The first-order valence-electron chi connectivity index (χ1n) is 13.5. The van der Waals surface area contributed by atoms with Gasteiger partial charge in [0.2, 0.25) is 17.5 Å². The maximum atomic E-state index is 15.0. The second-order valence-corrected chi connectivity index (χ2v) is 9.78. The molecular weight excluding hydrogens is 531 g/mol. The normalized spacial score (nSPS) is 17.0. The number of esters is 1. The molecule has 1 aliphatic rings. The van der Waals surface area contributed by atoms with Crippen LogP contribution in [-0.2, 0) is 0 Å². The topological polar surface area (TPSA) is 44.8 Å². The number of ether oxygens (including phenoxy) is 3. The fourth-order valence-corrected chi connectivity index (χ4v) is 5.02. The van der Waals surface area contributed by atoms with E-state index in [-0.39, 0.29) is 47.7 Å². The van der Waals surface area contributed by atoms with Crippen LogP contribution in [0.3, 0.4) is 0 Å². The molecule has 4 rings (SSSR count). The highest BCUT2D eigenvalue weighted by Crippen LogP contribution is 2.43. The summed E-state index contributed by atoms with van der Waals surface area (Å²) in [6.45, 7) is 4.06. The lowest BCUT2D eigenvalue weighted by Crippen LogP contribution is -2.16. The Morgan fingerprint density at radius 2 is 1.27 bits per heavy atom. The van der Waals surface area contributed by atoms with E-state index >= 15 is 4.39 Å². The predicted octanol–water partition coefficient (Wildman–Crippen LogP) is 8.62. The molecule has 4 nitrogen and oxygen atoms in total. The Bertz CT molecular complexity index is 1350. The minimum Gasteiger partial charge on any atom is -0.491 e. The van der Waals surface area contributed by atoms with E-state index in [2.05, 4.69) is 0 Å². The van der Waals surface area contributed by atoms with Gasteiger partial charge < -0.3 is 14.2 Å². The number of halogens is 5. The molecule has 0 N–H and O–H groups in total. The van der Waals surface area contributed by atoms with Crippen molar-refractivity contribution in [1.82, 2.24) is 0 Å². The lowest BCUT2D eigenvalue weighted by molar-refractivity contribution is 0.0725. The van der Waals surface area contributed by atoms with Crippen LogP contribution in [0.15, 0.2) is 42.5 Å². The van der Waals surface area contributed by atoms with Gasteiger partial charge >= 0.3 is 5.97 Å². The molecule has 40 heavy (non-hydrogen) atoms. The summed E-state index contributed by atoms with van der Waals surface area (Å²) in [4.78, 5) is 12.6. The Morgan fingerprint density at radius 1 is 0.725 bits per heavy atom. The zero-order valence-corrected chi connectivity index (χ0v) is 22.4. The average Bonchev–Trinajstić information content (AvgIpc) is 2.95. The van der Waals surface area contributed by atoms with E-state index < -0.39 is 40.8 Å². The summed E-state index contributed by atoms with van der Waals surface area (Å²) in [5.74, 6) is -7.68. The first-order chi connectivity index (χ1) is 19.2. The molecular formula is C31H31F5O4. The second kappa shape index (κ2) is 13.2. The molecule has 3 aromatic carbocycles. The zero-order valence-electron chi connectivity index (χ0n) is 22.4. The van der Waals surface area contributed by atoms with Crippen LogP contribution < -0.4 is 14.2 Å². The van der Waals surface area contributed by atoms with Crippen LogP contribution in [0.25, 0.3) is 0 Å². The molecule has 0 heterocycles. The summed E-state index contributed by atoms with van der Waals surface area (Å²) in [5.41, 5.74) is 0.506. The highest BCUT2D eigenvalue weighted by Gasteiger charge is 2.29. The first-order valence-corrected chi connectivity index (χ1v) is 13.5. The van der Waals surface area contributed by atoms with E-state index in [1.54, 1.807) is 6.92 Å². The van der Waals surface area contributed by atoms with E-state index in [0.717, 1.165) is 18.6 Å². The summed E-state index contributed by atoms with van der Waals surface area (Å²) in [7, 11) is 0. The van der Waals surface area contributed by atoms with Gasteiger partial charge in [-0.15, -0.1) is 0 Å². The maximum Gasteiger partial charge on any atom is 0.343 e. The van der Waals surface area contributed by atoms with Crippen LogP contribution in [-0.4, -0.2) is 19.2 Å². The maximum absolute atomic E-state index is 15.0. The third-order valence-corrected chi connectivity index (χ3v) is 7.19.